The summed E-state index contributed by atoms with van der Waals surface area (Å²) in [5.74, 6) is 1.41. The van der Waals surface area contributed by atoms with E-state index in [4.69, 9.17) is 9.47 Å². The van der Waals surface area contributed by atoms with E-state index >= 15 is 0 Å². The second-order valence-corrected chi connectivity index (χ2v) is 9.62. The molecule has 1 aliphatic rings. The third-order valence-electron chi connectivity index (χ3n) is 6.72. The number of ether oxygens (including phenoxy) is 2. The largest absolute Gasteiger partial charge is 0.490 e. The van der Waals surface area contributed by atoms with Crippen LogP contribution in [0.15, 0.2) is 24.5 Å². The van der Waals surface area contributed by atoms with Gasteiger partial charge in [0.15, 0.2) is 11.9 Å². The molecule has 1 atom stereocenters. The van der Waals surface area contributed by atoms with Gasteiger partial charge in [0, 0.05) is 63.8 Å². The lowest BCUT2D eigenvalue weighted by molar-refractivity contribution is -0.202. The Morgan fingerprint density at radius 2 is 1.95 bits per heavy atom. The Balaban J connectivity index is 1.41. The summed E-state index contributed by atoms with van der Waals surface area (Å²) >= 11 is 0. The summed E-state index contributed by atoms with van der Waals surface area (Å²) in [5, 5.41) is 20.1. The molecule has 3 N–H and O–H groups in total. The first-order valence-electron chi connectivity index (χ1n) is 12.5. The van der Waals surface area contributed by atoms with Crippen LogP contribution in [-0.2, 0) is 18.3 Å². The van der Waals surface area contributed by atoms with E-state index in [2.05, 4.69) is 20.7 Å². The highest BCUT2D eigenvalue weighted by molar-refractivity contribution is 5.91. The maximum absolute atomic E-state index is 12.5. The van der Waals surface area contributed by atoms with Crippen LogP contribution in [0.25, 0.3) is 11.0 Å². The highest BCUT2D eigenvalue weighted by Crippen LogP contribution is 2.33. The van der Waals surface area contributed by atoms with Crippen LogP contribution >= 0.6 is 0 Å². The number of alkyl halides is 3. The van der Waals surface area contributed by atoms with Crippen molar-refractivity contribution in [1.82, 2.24) is 24.6 Å². The standard InChI is InChI=1S/C25H35F3N6O3/c1-16-11-23(32-34(16)9-4-10-36-3)31-20-12-19(13-21-24(20)30-15-33(21)2)37-18-7-5-17(6-8-18)29-14-22(35)25(26,27)28/h11-13,15,17-18,22,29,35H,4-10,14H2,1-3H3,(H,31,32)/t17?,18?,22-/m1/s1. The van der Waals surface area contributed by atoms with Crippen molar-refractivity contribution in [2.75, 3.05) is 25.6 Å². The quantitative estimate of drug-likeness (QED) is 0.326. The molecule has 37 heavy (non-hydrogen) atoms. The Morgan fingerprint density at radius 3 is 2.65 bits per heavy atom. The van der Waals surface area contributed by atoms with Crippen LogP contribution in [0.4, 0.5) is 24.7 Å². The first-order valence-corrected chi connectivity index (χ1v) is 12.5. The summed E-state index contributed by atoms with van der Waals surface area (Å²) in [6.07, 6.45) is -1.63. The van der Waals surface area contributed by atoms with Gasteiger partial charge < -0.3 is 29.8 Å². The van der Waals surface area contributed by atoms with Crippen LogP contribution in [0.3, 0.4) is 0 Å². The van der Waals surface area contributed by atoms with Gasteiger partial charge >= 0.3 is 6.18 Å². The van der Waals surface area contributed by atoms with Crippen molar-refractivity contribution >= 4 is 22.5 Å². The molecule has 0 bridgehead atoms. The Bertz CT molecular complexity index is 1170. The van der Waals surface area contributed by atoms with E-state index in [0.717, 1.165) is 35.4 Å². The SMILES string of the molecule is COCCCn1nc(Nc2cc(OC3CCC(NC[C@@H](O)C(F)(F)F)CC3)cc3c2ncn3C)cc1C. The summed E-state index contributed by atoms with van der Waals surface area (Å²) in [5.41, 5.74) is 3.54. The van der Waals surface area contributed by atoms with Crippen molar-refractivity contribution in [2.24, 2.45) is 7.05 Å². The van der Waals surface area contributed by atoms with E-state index < -0.39 is 18.8 Å². The molecular formula is C25H35F3N6O3. The van der Waals surface area contributed by atoms with E-state index in [1.807, 2.05) is 41.4 Å². The predicted molar refractivity (Wildman–Crippen MR) is 134 cm³/mol. The minimum absolute atomic E-state index is 0.0497. The van der Waals surface area contributed by atoms with Crippen LogP contribution in [0.1, 0.15) is 37.8 Å². The third kappa shape index (κ3) is 6.93. The minimum atomic E-state index is -4.61. The van der Waals surface area contributed by atoms with Crippen LogP contribution in [0, 0.1) is 6.92 Å². The van der Waals surface area contributed by atoms with Crippen molar-refractivity contribution in [3.05, 3.63) is 30.2 Å². The zero-order valence-corrected chi connectivity index (χ0v) is 21.4. The second kappa shape index (κ2) is 11.7. The zero-order chi connectivity index (χ0) is 26.6. The third-order valence-corrected chi connectivity index (χ3v) is 6.72. The molecule has 2 aromatic heterocycles. The lowest BCUT2D eigenvalue weighted by Crippen LogP contribution is -2.44. The monoisotopic (exact) mass is 524 g/mol. The Labute approximate surface area is 214 Å². The fourth-order valence-electron chi connectivity index (χ4n) is 4.63. The molecule has 0 amide bonds. The molecule has 0 saturated heterocycles. The molecule has 12 heteroatoms. The number of rotatable bonds is 11. The summed E-state index contributed by atoms with van der Waals surface area (Å²) in [4.78, 5) is 4.54. The number of fused-ring (bicyclic) bond motifs is 1. The van der Waals surface area contributed by atoms with Crippen molar-refractivity contribution in [3.8, 4) is 5.75 Å². The number of imidazole rings is 1. The first-order chi connectivity index (χ1) is 17.6. The number of aliphatic hydroxyl groups is 1. The Morgan fingerprint density at radius 1 is 1.19 bits per heavy atom. The number of halogens is 3. The van der Waals surface area contributed by atoms with Crippen LogP contribution < -0.4 is 15.4 Å². The summed E-state index contributed by atoms with van der Waals surface area (Å²) in [6.45, 7) is 2.95. The fraction of sp³-hybridized carbons (Fsp3) is 0.600. The number of methoxy groups -OCH3 is 1. The average molecular weight is 525 g/mol. The smallest absolute Gasteiger partial charge is 0.415 e. The van der Waals surface area contributed by atoms with E-state index in [-0.39, 0.29) is 12.1 Å². The molecular weight excluding hydrogens is 489 g/mol. The molecule has 1 fully saturated rings. The topological polar surface area (TPSA) is 98.4 Å². The number of aliphatic hydroxyl groups excluding tert-OH is 1. The van der Waals surface area contributed by atoms with E-state index in [9.17, 15) is 18.3 Å². The molecule has 3 aromatic rings. The van der Waals surface area contributed by atoms with Crippen LogP contribution in [-0.4, -0.2) is 69.1 Å². The van der Waals surface area contributed by atoms with Gasteiger partial charge in [0.05, 0.1) is 23.6 Å². The van der Waals surface area contributed by atoms with E-state index in [0.29, 0.717) is 43.9 Å². The van der Waals surface area contributed by atoms with Gasteiger partial charge in [-0.25, -0.2) is 4.98 Å². The summed E-state index contributed by atoms with van der Waals surface area (Å²) < 4.78 is 53.0. The predicted octanol–water partition coefficient (Wildman–Crippen LogP) is 4.06. The number of hydrogen-bond donors (Lipinski definition) is 3. The number of nitrogens with one attached hydrogen (secondary N) is 2. The molecule has 9 nitrogen and oxygen atoms in total. The molecule has 4 rings (SSSR count). The summed E-state index contributed by atoms with van der Waals surface area (Å²) in [6, 6.07) is 5.78. The van der Waals surface area contributed by atoms with Crippen molar-refractivity contribution < 1.29 is 27.8 Å². The lowest BCUT2D eigenvalue weighted by atomic mass is 9.93. The van der Waals surface area contributed by atoms with Crippen LogP contribution in [0.5, 0.6) is 5.75 Å². The Kier molecular flexibility index (Phi) is 8.60. The van der Waals surface area contributed by atoms with E-state index in [1.54, 1.807) is 13.4 Å². The molecule has 1 aromatic carbocycles. The molecule has 0 spiro atoms. The van der Waals surface area contributed by atoms with Gasteiger partial charge in [-0.3, -0.25) is 4.68 Å². The van der Waals surface area contributed by atoms with E-state index in [1.165, 1.54) is 0 Å². The average Bonchev–Trinajstić information content (AvgIpc) is 3.40. The second-order valence-electron chi connectivity index (χ2n) is 9.62. The number of anilines is 2. The molecule has 0 unspecified atom stereocenters. The van der Waals surface area contributed by atoms with Crippen LogP contribution in [0.2, 0.25) is 0 Å². The number of benzene rings is 1. The van der Waals surface area contributed by atoms with Crippen molar-refractivity contribution in [2.45, 2.75) is 70.0 Å². The first kappa shape index (κ1) is 27.2. The normalized spacial score (nSPS) is 19.3. The number of nitrogens with zero attached hydrogens (tertiary/aromatic N) is 4. The maximum atomic E-state index is 12.5. The number of aryl methyl sites for hydroxylation is 3. The molecule has 2 heterocycles. The number of aromatic nitrogens is 4. The number of hydrogen-bond acceptors (Lipinski definition) is 7. The van der Waals surface area contributed by atoms with Gasteiger partial charge in [-0.15, -0.1) is 0 Å². The fourth-order valence-corrected chi connectivity index (χ4v) is 4.63. The molecule has 204 valence electrons. The van der Waals surface area contributed by atoms with Gasteiger partial charge in [-0.1, -0.05) is 0 Å². The van der Waals surface area contributed by atoms with Gasteiger partial charge in [0.25, 0.3) is 0 Å². The zero-order valence-electron chi connectivity index (χ0n) is 21.4. The lowest BCUT2D eigenvalue weighted by Gasteiger charge is -2.30. The van der Waals surface area contributed by atoms with Gasteiger partial charge in [0.2, 0.25) is 0 Å². The molecule has 1 aliphatic carbocycles. The highest BCUT2D eigenvalue weighted by Gasteiger charge is 2.38. The Hall–Kier alpha value is -2.83. The van der Waals surface area contributed by atoms with Crippen molar-refractivity contribution in [3.63, 3.8) is 0 Å². The molecule has 0 aliphatic heterocycles. The maximum Gasteiger partial charge on any atom is 0.415 e. The minimum Gasteiger partial charge on any atom is -0.490 e. The van der Waals surface area contributed by atoms with Gasteiger partial charge in [-0.2, -0.15) is 18.3 Å². The summed E-state index contributed by atoms with van der Waals surface area (Å²) in [7, 11) is 3.60. The molecule has 1 saturated carbocycles. The van der Waals surface area contributed by atoms with Gasteiger partial charge in [0.1, 0.15) is 11.3 Å². The van der Waals surface area contributed by atoms with Gasteiger partial charge in [-0.05, 0) is 39.0 Å². The van der Waals surface area contributed by atoms with Crippen molar-refractivity contribution in [1.29, 1.82) is 0 Å². The molecule has 0 radical (unpaired) electrons. The highest BCUT2D eigenvalue weighted by atomic mass is 19.4.